The molecule has 0 fully saturated rings. The highest BCUT2D eigenvalue weighted by Crippen LogP contribution is 2.14. The maximum Gasteiger partial charge on any atom is 0.258 e. The number of hydrogen-bond donors (Lipinski definition) is 2. The molecule has 0 saturated heterocycles. The van der Waals surface area contributed by atoms with Crippen LogP contribution < -0.4 is 11.1 Å². The third-order valence-corrected chi connectivity index (χ3v) is 2.27. The molecule has 0 saturated carbocycles. The highest BCUT2D eigenvalue weighted by Gasteiger charge is 2.11. The van der Waals surface area contributed by atoms with Gasteiger partial charge in [0.15, 0.2) is 0 Å². The summed E-state index contributed by atoms with van der Waals surface area (Å²) >= 11 is 0. The number of nitrogens with two attached hydrogens (primary N) is 1. The minimum absolute atomic E-state index is 0.0612. The highest BCUT2D eigenvalue weighted by molar-refractivity contribution is 6.04. The summed E-state index contributed by atoms with van der Waals surface area (Å²) in [6, 6.07) is 12.7. The molecule has 2 rings (SSSR count). The van der Waals surface area contributed by atoms with Crippen molar-refractivity contribution in [1.29, 1.82) is 0 Å². The Balaban J connectivity index is 0.000000861. The third-order valence-electron chi connectivity index (χ3n) is 2.27. The molecule has 0 radical (unpaired) electrons. The zero-order chi connectivity index (χ0) is 14.3. The maximum atomic E-state index is 13.4. The van der Waals surface area contributed by atoms with Crippen molar-refractivity contribution in [3.8, 4) is 0 Å². The largest absolute Gasteiger partial charge is 0.399 e. The van der Waals surface area contributed by atoms with Gasteiger partial charge in [-0.3, -0.25) is 4.79 Å². The quantitative estimate of drug-likeness (QED) is 0.809. The number of benzene rings is 2. The van der Waals surface area contributed by atoms with Crippen molar-refractivity contribution in [2.45, 2.75) is 13.8 Å². The van der Waals surface area contributed by atoms with Crippen LogP contribution >= 0.6 is 0 Å². The second-order valence-electron chi connectivity index (χ2n) is 3.56. The van der Waals surface area contributed by atoms with E-state index in [1.54, 1.807) is 24.3 Å². The second-order valence-corrected chi connectivity index (χ2v) is 3.56. The maximum absolute atomic E-state index is 13.4. The summed E-state index contributed by atoms with van der Waals surface area (Å²) in [5.74, 6) is -1.10. The van der Waals surface area contributed by atoms with Gasteiger partial charge in [0.05, 0.1) is 5.56 Å². The molecule has 0 atom stereocenters. The Morgan fingerprint density at radius 1 is 1.11 bits per heavy atom. The fourth-order valence-corrected chi connectivity index (χ4v) is 1.44. The molecule has 2 aromatic rings. The van der Waals surface area contributed by atoms with Crippen molar-refractivity contribution in [3.05, 3.63) is 59.9 Å². The first-order valence-corrected chi connectivity index (χ1v) is 6.08. The first-order chi connectivity index (χ1) is 9.16. The lowest BCUT2D eigenvalue weighted by Crippen LogP contribution is -2.14. The molecule has 4 heteroatoms. The van der Waals surface area contributed by atoms with Gasteiger partial charge in [-0.1, -0.05) is 32.0 Å². The van der Waals surface area contributed by atoms with Gasteiger partial charge in [0.25, 0.3) is 5.91 Å². The van der Waals surface area contributed by atoms with E-state index < -0.39 is 11.7 Å². The molecule has 0 unspecified atom stereocenters. The predicted octanol–water partition coefficient (Wildman–Crippen LogP) is 3.69. The first kappa shape index (κ1) is 14.7. The fourth-order valence-electron chi connectivity index (χ4n) is 1.44. The van der Waals surface area contributed by atoms with Crippen LogP contribution in [0.15, 0.2) is 48.5 Å². The van der Waals surface area contributed by atoms with E-state index in [0.717, 1.165) is 0 Å². The fraction of sp³-hybridized carbons (Fsp3) is 0.133. The van der Waals surface area contributed by atoms with Crippen LogP contribution in [-0.4, -0.2) is 5.91 Å². The summed E-state index contributed by atoms with van der Waals surface area (Å²) in [6.45, 7) is 4.00. The lowest BCUT2D eigenvalue weighted by molar-refractivity contribution is 0.102. The molecular weight excluding hydrogens is 243 g/mol. The normalized spacial score (nSPS) is 9.21. The zero-order valence-electron chi connectivity index (χ0n) is 11.0. The molecule has 2 aromatic carbocycles. The molecule has 0 aromatic heterocycles. The van der Waals surface area contributed by atoms with Crippen LogP contribution in [0, 0.1) is 5.82 Å². The van der Waals surface area contributed by atoms with Crippen molar-refractivity contribution >= 4 is 17.3 Å². The van der Waals surface area contributed by atoms with Gasteiger partial charge in [0, 0.05) is 11.4 Å². The summed E-state index contributed by atoms with van der Waals surface area (Å²) < 4.78 is 13.4. The summed E-state index contributed by atoms with van der Waals surface area (Å²) in [6.07, 6.45) is 0. The minimum Gasteiger partial charge on any atom is -0.399 e. The van der Waals surface area contributed by atoms with Crippen molar-refractivity contribution in [2.75, 3.05) is 11.1 Å². The van der Waals surface area contributed by atoms with E-state index in [1.807, 2.05) is 19.9 Å². The van der Waals surface area contributed by atoms with Crippen LogP contribution in [0.4, 0.5) is 15.8 Å². The van der Waals surface area contributed by atoms with E-state index in [0.29, 0.717) is 11.4 Å². The standard InChI is InChI=1S/C13H11FN2O.C2H6/c14-12-7-6-9(15)8-11(12)13(17)16-10-4-2-1-3-5-10;1-2/h1-8H,15H2,(H,16,17);1-2H3. The van der Waals surface area contributed by atoms with Gasteiger partial charge in [-0.15, -0.1) is 0 Å². The van der Waals surface area contributed by atoms with Crippen LogP contribution in [0.2, 0.25) is 0 Å². The average Bonchev–Trinajstić information content (AvgIpc) is 2.45. The van der Waals surface area contributed by atoms with E-state index in [9.17, 15) is 9.18 Å². The lowest BCUT2D eigenvalue weighted by atomic mass is 10.1. The molecule has 100 valence electrons. The Kier molecular flexibility index (Phi) is 5.54. The first-order valence-electron chi connectivity index (χ1n) is 6.08. The van der Waals surface area contributed by atoms with Crippen LogP contribution in [0.1, 0.15) is 24.2 Å². The van der Waals surface area contributed by atoms with Gasteiger partial charge in [0.2, 0.25) is 0 Å². The highest BCUT2D eigenvalue weighted by atomic mass is 19.1. The van der Waals surface area contributed by atoms with E-state index in [4.69, 9.17) is 5.73 Å². The zero-order valence-corrected chi connectivity index (χ0v) is 11.0. The summed E-state index contributed by atoms with van der Waals surface area (Å²) in [7, 11) is 0. The Morgan fingerprint density at radius 3 is 2.37 bits per heavy atom. The van der Waals surface area contributed by atoms with E-state index in [1.165, 1.54) is 18.2 Å². The SMILES string of the molecule is CC.Nc1ccc(F)c(C(=O)Nc2ccccc2)c1. The van der Waals surface area contributed by atoms with Crippen molar-refractivity contribution in [1.82, 2.24) is 0 Å². The van der Waals surface area contributed by atoms with Crippen molar-refractivity contribution in [3.63, 3.8) is 0 Å². The molecule has 1 amide bonds. The molecule has 0 aliphatic carbocycles. The summed E-state index contributed by atoms with van der Waals surface area (Å²) in [4.78, 5) is 11.8. The molecule has 0 bridgehead atoms. The smallest absolute Gasteiger partial charge is 0.258 e. The van der Waals surface area contributed by atoms with E-state index in [-0.39, 0.29) is 5.56 Å². The third kappa shape index (κ3) is 4.10. The number of hydrogen-bond acceptors (Lipinski definition) is 2. The lowest BCUT2D eigenvalue weighted by Gasteiger charge is -2.06. The Morgan fingerprint density at radius 2 is 1.74 bits per heavy atom. The number of anilines is 2. The van der Waals surface area contributed by atoms with Crippen LogP contribution in [0.3, 0.4) is 0 Å². The second kappa shape index (κ2) is 7.16. The van der Waals surface area contributed by atoms with Gasteiger partial charge < -0.3 is 11.1 Å². The molecule has 19 heavy (non-hydrogen) atoms. The summed E-state index contributed by atoms with van der Waals surface area (Å²) in [5.41, 5.74) is 6.41. The topological polar surface area (TPSA) is 55.1 Å². The number of nitrogen functional groups attached to an aromatic ring is 1. The van der Waals surface area contributed by atoms with Crippen molar-refractivity contribution in [2.24, 2.45) is 0 Å². The van der Waals surface area contributed by atoms with Crippen LogP contribution in [0.25, 0.3) is 0 Å². The number of para-hydroxylation sites is 1. The number of nitrogens with one attached hydrogen (secondary N) is 1. The van der Waals surface area contributed by atoms with E-state index >= 15 is 0 Å². The van der Waals surface area contributed by atoms with Crippen molar-refractivity contribution < 1.29 is 9.18 Å². The van der Waals surface area contributed by atoms with Gasteiger partial charge in [-0.05, 0) is 30.3 Å². The number of carbonyl (C=O) groups excluding carboxylic acids is 1. The Hall–Kier alpha value is -2.36. The molecule has 0 spiro atoms. The Bertz CT molecular complexity index is 541. The average molecular weight is 260 g/mol. The minimum atomic E-state index is -0.590. The predicted molar refractivity (Wildman–Crippen MR) is 76.6 cm³/mol. The van der Waals surface area contributed by atoms with Gasteiger partial charge in [-0.25, -0.2) is 4.39 Å². The Labute approximate surface area is 112 Å². The van der Waals surface area contributed by atoms with Gasteiger partial charge in [0.1, 0.15) is 5.82 Å². The molecule has 0 aliphatic heterocycles. The van der Waals surface area contributed by atoms with Crippen LogP contribution in [0.5, 0.6) is 0 Å². The van der Waals surface area contributed by atoms with E-state index in [2.05, 4.69) is 5.32 Å². The van der Waals surface area contributed by atoms with Gasteiger partial charge in [-0.2, -0.15) is 0 Å². The number of carbonyl (C=O) groups is 1. The van der Waals surface area contributed by atoms with Gasteiger partial charge >= 0.3 is 0 Å². The molecular formula is C15H17FN2O. The summed E-state index contributed by atoms with van der Waals surface area (Å²) in [5, 5.41) is 2.59. The molecule has 0 aliphatic rings. The monoisotopic (exact) mass is 260 g/mol. The number of halogens is 1. The molecule has 3 nitrogen and oxygen atoms in total. The molecule has 3 N–H and O–H groups in total. The number of rotatable bonds is 2. The number of amides is 1. The van der Waals surface area contributed by atoms with Crippen LogP contribution in [-0.2, 0) is 0 Å². The molecule has 0 heterocycles.